The average molecular weight is 517 g/mol. The maximum atomic E-state index is 12.8. The van der Waals surface area contributed by atoms with Crippen LogP contribution >= 0.6 is 0 Å². The van der Waals surface area contributed by atoms with Crippen molar-refractivity contribution in [2.75, 3.05) is 6.61 Å². The van der Waals surface area contributed by atoms with E-state index in [0.717, 1.165) is 25.2 Å². The Balaban J connectivity index is 1.37. The minimum absolute atomic E-state index is 0.261. The van der Waals surface area contributed by atoms with Gasteiger partial charge in [0.25, 0.3) is 0 Å². The first-order valence-corrected chi connectivity index (χ1v) is 15.0. The van der Waals surface area contributed by atoms with E-state index in [-0.39, 0.29) is 11.1 Å². The van der Waals surface area contributed by atoms with Gasteiger partial charge in [0.05, 0.1) is 17.7 Å². The van der Waals surface area contributed by atoms with E-state index in [0.29, 0.717) is 18.1 Å². The van der Waals surface area contributed by atoms with E-state index in [1.807, 2.05) is 24.3 Å². The third kappa shape index (κ3) is 10.9. The van der Waals surface area contributed by atoms with Gasteiger partial charge in [-0.15, -0.1) is 0 Å². The van der Waals surface area contributed by atoms with Crippen LogP contribution in [0, 0.1) is 23.7 Å². The fourth-order valence-corrected chi connectivity index (χ4v) is 5.20. The summed E-state index contributed by atoms with van der Waals surface area (Å²) in [6, 6.07) is 14.9. The maximum absolute atomic E-state index is 12.8. The first-order chi connectivity index (χ1) is 18.7. The zero-order valence-electron chi connectivity index (χ0n) is 23.4. The van der Waals surface area contributed by atoms with Gasteiger partial charge in [-0.25, -0.2) is 4.79 Å². The van der Waals surface area contributed by atoms with Gasteiger partial charge < -0.3 is 9.47 Å². The molecule has 1 radical (unpaired) electrons. The Morgan fingerprint density at radius 3 is 2.16 bits per heavy atom. The minimum atomic E-state index is -0.519. The highest BCUT2D eigenvalue weighted by atomic mass is 16.5. The van der Waals surface area contributed by atoms with Crippen molar-refractivity contribution < 1.29 is 14.3 Å². The standard InChI is InChI=1S/C34H46NO3/c1-2-3-4-5-6-7-8-9-10-14-25-37-32-23-24-33(30(26-32)27-35)34(36)38-31-21-19-29(20-22-31)18-17-28-15-12-11-13-16-28/h11,19-24,26,28H,2-10,12-18,25H2,1H3. The number of unbranched alkanes of at least 4 members (excludes halogenated alkanes) is 9. The molecule has 0 saturated heterocycles. The Morgan fingerprint density at radius 2 is 1.50 bits per heavy atom. The lowest BCUT2D eigenvalue weighted by Gasteiger charge is -2.21. The van der Waals surface area contributed by atoms with Crippen LogP contribution < -0.4 is 9.47 Å². The topological polar surface area (TPSA) is 59.3 Å². The van der Waals surface area contributed by atoms with Crippen molar-refractivity contribution in [3.05, 3.63) is 65.6 Å². The summed E-state index contributed by atoms with van der Waals surface area (Å²) in [6.07, 6.45) is 22.6. The van der Waals surface area contributed by atoms with Crippen molar-refractivity contribution in [1.29, 1.82) is 5.26 Å². The van der Waals surface area contributed by atoms with E-state index in [4.69, 9.17) is 9.47 Å². The van der Waals surface area contributed by atoms with Gasteiger partial charge >= 0.3 is 5.97 Å². The van der Waals surface area contributed by atoms with Crippen LogP contribution in [0.2, 0.25) is 0 Å². The molecule has 0 aliphatic heterocycles. The molecule has 1 aliphatic rings. The fraction of sp³-hybridized carbons (Fsp3) is 0.559. The third-order valence-electron chi connectivity index (χ3n) is 7.63. The van der Waals surface area contributed by atoms with Crippen LogP contribution in [0.25, 0.3) is 0 Å². The van der Waals surface area contributed by atoms with Gasteiger partial charge in [-0.2, -0.15) is 5.26 Å². The number of aryl methyl sites for hydroxylation is 1. The van der Waals surface area contributed by atoms with Crippen LogP contribution in [0.4, 0.5) is 0 Å². The molecular formula is C34H46NO3. The van der Waals surface area contributed by atoms with Gasteiger partial charge in [-0.05, 0) is 80.3 Å². The van der Waals surface area contributed by atoms with E-state index < -0.39 is 5.97 Å². The van der Waals surface area contributed by atoms with Crippen molar-refractivity contribution in [1.82, 2.24) is 0 Å². The lowest BCUT2D eigenvalue weighted by atomic mass is 9.85. The Hall–Kier alpha value is -2.80. The van der Waals surface area contributed by atoms with Gasteiger partial charge in [-0.1, -0.05) is 89.7 Å². The highest BCUT2D eigenvalue weighted by Gasteiger charge is 2.16. The summed E-state index contributed by atoms with van der Waals surface area (Å²) >= 11 is 0. The van der Waals surface area contributed by atoms with Gasteiger partial charge in [0.15, 0.2) is 0 Å². The van der Waals surface area contributed by atoms with Crippen molar-refractivity contribution in [3.8, 4) is 17.6 Å². The highest BCUT2D eigenvalue weighted by Crippen LogP contribution is 2.27. The Bertz CT molecular complexity index is 986. The maximum Gasteiger partial charge on any atom is 0.344 e. The molecule has 2 aromatic carbocycles. The minimum Gasteiger partial charge on any atom is -0.494 e. The molecule has 0 N–H and O–H groups in total. The zero-order valence-corrected chi connectivity index (χ0v) is 23.4. The van der Waals surface area contributed by atoms with E-state index in [1.165, 1.54) is 89.0 Å². The van der Waals surface area contributed by atoms with Crippen LogP contribution in [0.15, 0.2) is 42.5 Å². The van der Waals surface area contributed by atoms with Gasteiger partial charge in [0, 0.05) is 0 Å². The molecule has 0 amide bonds. The molecule has 1 aliphatic carbocycles. The summed E-state index contributed by atoms with van der Waals surface area (Å²) < 4.78 is 11.4. The average Bonchev–Trinajstić information content (AvgIpc) is 2.96. The van der Waals surface area contributed by atoms with Gasteiger partial charge in [-0.3, -0.25) is 0 Å². The molecule has 0 spiro atoms. The molecule has 0 bridgehead atoms. The van der Waals surface area contributed by atoms with Crippen LogP contribution in [0.5, 0.6) is 11.5 Å². The molecule has 0 heterocycles. The number of hydrogen-bond acceptors (Lipinski definition) is 4. The van der Waals surface area contributed by atoms with Crippen LogP contribution in [0.3, 0.4) is 0 Å². The SMILES string of the molecule is CCCCCCCCCCCCOc1ccc(C(=O)Oc2ccc(CCC3CC[CH]CC3)cc2)c(C#N)c1. The predicted molar refractivity (Wildman–Crippen MR) is 154 cm³/mol. The lowest BCUT2D eigenvalue weighted by Crippen LogP contribution is -2.11. The predicted octanol–water partition coefficient (Wildman–Crippen LogP) is 9.40. The fourth-order valence-electron chi connectivity index (χ4n) is 5.20. The monoisotopic (exact) mass is 516 g/mol. The van der Waals surface area contributed by atoms with Crippen molar-refractivity contribution in [3.63, 3.8) is 0 Å². The second kappa shape index (κ2) is 17.7. The summed E-state index contributed by atoms with van der Waals surface area (Å²) in [4.78, 5) is 12.8. The van der Waals surface area contributed by atoms with Crippen LogP contribution in [0.1, 0.15) is 125 Å². The second-order valence-electron chi connectivity index (χ2n) is 10.7. The lowest BCUT2D eigenvalue weighted by molar-refractivity contribution is 0.0734. The number of hydrogen-bond donors (Lipinski definition) is 0. The van der Waals surface area contributed by atoms with Crippen molar-refractivity contribution >= 4 is 5.97 Å². The summed E-state index contributed by atoms with van der Waals surface area (Å²) in [5.41, 5.74) is 1.80. The number of carbonyl (C=O) groups is 1. The zero-order chi connectivity index (χ0) is 26.8. The molecular weight excluding hydrogens is 470 g/mol. The van der Waals surface area contributed by atoms with E-state index in [9.17, 15) is 10.1 Å². The number of nitrogens with zero attached hydrogens (tertiary/aromatic N) is 1. The Morgan fingerprint density at radius 1 is 0.868 bits per heavy atom. The van der Waals surface area contributed by atoms with E-state index in [1.54, 1.807) is 18.2 Å². The summed E-state index contributed by atoms with van der Waals surface area (Å²) in [7, 11) is 0. The van der Waals surface area contributed by atoms with Gasteiger partial charge in [0.2, 0.25) is 0 Å². The molecule has 4 nitrogen and oxygen atoms in total. The molecule has 38 heavy (non-hydrogen) atoms. The molecule has 0 aromatic heterocycles. The largest absolute Gasteiger partial charge is 0.494 e. The Kier molecular flexibility index (Phi) is 13.8. The third-order valence-corrected chi connectivity index (χ3v) is 7.63. The number of benzene rings is 2. The van der Waals surface area contributed by atoms with E-state index in [2.05, 4.69) is 19.4 Å². The smallest absolute Gasteiger partial charge is 0.344 e. The summed E-state index contributed by atoms with van der Waals surface area (Å²) in [6.45, 7) is 2.88. The van der Waals surface area contributed by atoms with Gasteiger partial charge in [0.1, 0.15) is 17.6 Å². The molecule has 2 aromatic rings. The first-order valence-electron chi connectivity index (χ1n) is 15.0. The second-order valence-corrected chi connectivity index (χ2v) is 10.7. The summed E-state index contributed by atoms with van der Waals surface area (Å²) in [5.74, 6) is 1.42. The number of esters is 1. The quantitative estimate of drug-likeness (QED) is 0.119. The van der Waals surface area contributed by atoms with Crippen LogP contribution in [-0.4, -0.2) is 12.6 Å². The number of carbonyl (C=O) groups excluding carboxylic acids is 1. The molecule has 1 fully saturated rings. The molecule has 3 rings (SSSR count). The molecule has 1 saturated carbocycles. The van der Waals surface area contributed by atoms with Crippen molar-refractivity contribution in [2.24, 2.45) is 5.92 Å². The van der Waals surface area contributed by atoms with Crippen LogP contribution in [-0.2, 0) is 6.42 Å². The molecule has 0 atom stereocenters. The normalized spacial score (nSPS) is 13.7. The molecule has 0 unspecified atom stereocenters. The first kappa shape index (κ1) is 29.8. The molecule has 205 valence electrons. The number of nitriles is 1. The van der Waals surface area contributed by atoms with E-state index >= 15 is 0 Å². The Labute approximate surface area is 230 Å². The number of rotatable bonds is 17. The van der Waals surface area contributed by atoms with Crippen molar-refractivity contribution in [2.45, 2.75) is 110 Å². The molecule has 4 heteroatoms. The highest BCUT2D eigenvalue weighted by molar-refractivity contribution is 5.93. The summed E-state index contributed by atoms with van der Waals surface area (Å²) in [5, 5.41) is 9.61. The number of ether oxygens (including phenoxy) is 2.